The Morgan fingerprint density at radius 1 is 1.23 bits per heavy atom. The van der Waals surface area contributed by atoms with Gasteiger partial charge in [-0.2, -0.15) is 0 Å². The number of carbonyl (C=O) groups is 1. The molecule has 1 heterocycles. The Labute approximate surface area is 197 Å². The van der Waals surface area contributed by atoms with Gasteiger partial charge in [-0.25, -0.2) is 0 Å². The normalized spacial score (nSPS) is 19.4. The number of guanidine groups is 1. The number of nitrogens with zero attached hydrogens (tertiary/aromatic N) is 2. The quantitative estimate of drug-likeness (QED) is 0.322. The lowest BCUT2D eigenvalue weighted by Crippen LogP contribution is -2.44. The van der Waals surface area contributed by atoms with Crippen LogP contribution in [0.2, 0.25) is 0 Å². The van der Waals surface area contributed by atoms with Gasteiger partial charge in [0.25, 0.3) is 0 Å². The van der Waals surface area contributed by atoms with Crippen molar-refractivity contribution in [1.82, 2.24) is 15.5 Å². The van der Waals surface area contributed by atoms with Crippen LogP contribution >= 0.6 is 24.0 Å². The minimum atomic E-state index is 0. The maximum Gasteiger partial charge on any atom is 0.222 e. The number of benzene rings is 1. The molecule has 30 heavy (non-hydrogen) atoms. The van der Waals surface area contributed by atoms with E-state index in [1.807, 2.05) is 24.0 Å². The summed E-state index contributed by atoms with van der Waals surface area (Å²) in [6.45, 7) is 4.08. The van der Waals surface area contributed by atoms with E-state index in [0.717, 1.165) is 55.4 Å². The molecule has 0 spiro atoms. The van der Waals surface area contributed by atoms with Crippen LogP contribution in [-0.2, 0) is 11.3 Å². The first-order valence-corrected chi connectivity index (χ1v) is 10.7. The number of carbonyl (C=O) groups excluding carboxylic acids is 1. The number of hydrogen-bond donors (Lipinski definition) is 2. The molecule has 2 N–H and O–H groups in total. The number of rotatable bonds is 7. The molecule has 0 bridgehead atoms. The van der Waals surface area contributed by atoms with E-state index in [9.17, 15) is 4.79 Å². The number of likely N-dealkylation sites (tertiary alicyclic amines) is 1. The van der Waals surface area contributed by atoms with Crippen molar-refractivity contribution in [3.63, 3.8) is 0 Å². The van der Waals surface area contributed by atoms with Gasteiger partial charge in [-0.15, -0.1) is 24.0 Å². The number of halogens is 1. The third-order valence-corrected chi connectivity index (χ3v) is 5.69. The molecule has 2 fully saturated rings. The molecule has 1 saturated heterocycles. The fourth-order valence-corrected chi connectivity index (χ4v) is 4.01. The molecule has 0 aromatic heterocycles. The van der Waals surface area contributed by atoms with Crippen molar-refractivity contribution in [3.8, 4) is 11.5 Å². The summed E-state index contributed by atoms with van der Waals surface area (Å²) in [5.74, 6) is 2.54. The number of nitrogens with one attached hydrogen (secondary N) is 2. The van der Waals surface area contributed by atoms with Crippen molar-refractivity contribution < 1.29 is 14.3 Å². The van der Waals surface area contributed by atoms with E-state index in [4.69, 9.17) is 9.47 Å². The molecule has 1 aromatic rings. The second-order valence-corrected chi connectivity index (χ2v) is 7.76. The SMILES string of the molecule is CCC(=O)N1CCC(NC(=NC)NCc2ccc(OC)c(OC3CCCC3)c2)C1.I. The number of ether oxygens (including phenoxy) is 2. The third-order valence-electron chi connectivity index (χ3n) is 5.69. The van der Waals surface area contributed by atoms with Crippen molar-refractivity contribution in [2.24, 2.45) is 4.99 Å². The maximum absolute atomic E-state index is 11.9. The van der Waals surface area contributed by atoms with Crippen LogP contribution in [-0.4, -0.2) is 56.2 Å². The molecule has 1 aromatic carbocycles. The molecule has 1 aliphatic carbocycles. The fraction of sp³-hybridized carbons (Fsp3) is 0.636. The number of aliphatic imine (C=N–C) groups is 1. The molecular weight excluding hydrogens is 495 g/mol. The second-order valence-electron chi connectivity index (χ2n) is 7.76. The highest BCUT2D eigenvalue weighted by Crippen LogP contribution is 2.32. The molecule has 168 valence electrons. The van der Waals surface area contributed by atoms with Gasteiger partial charge in [0.2, 0.25) is 5.91 Å². The molecule has 1 amide bonds. The van der Waals surface area contributed by atoms with Crippen LogP contribution < -0.4 is 20.1 Å². The average Bonchev–Trinajstić information content (AvgIpc) is 3.42. The molecule has 1 atom stereocenters. The van der Waals surface area contributed by atoms with E-state index in [0.29, 0.717) is 13.0 Å². The predicted octanol–water partition coefficient (Wildman–Crippen LogP) is 3.31. The molecular formula is C22H35IN4O3. The van der Waals surface area contributed by atoms with Gasteiger partial charge < -0.3 is 25.0 Å². The zero-order valence-corrected chi connectivity index (χ0v) is 20.6. The molecule has 1 unspecified atom stereocenters. The van der Waals surface area contributed by atoms with Gasteiger partial charge in [-0.3, -0.25) is 9.79 Å². The van der Waals surface area contributed by atoms with E-state index in [1.54, 1.807) is 14.2 Å². The fourth-order valence-electron chi connectivity index (χ4n) is 4.01. The summed E-state index contributed by atoms with van der Waals surface area (Å²) in [6.07, 6.45) is 6.48. The Morgan fingerprint density at radius 3 is 2.67 bits per heavy atom. The second kappa shape index (κ2) is 12.2. The summed E-state index contributed by atoms with van der Waals surface area (Å²) in [5, 5.41) is 6.80. The van der Waals surface area contributed by atoms with Gasteiger partial charge in [-0.1, -0.05) is 13.0 Å². The topological polar surface area (TPSA) is 75.2 Å². The third kappa shape index (κ3) is 6.65. The Bertz CT molecular complexity index is 722. The van der Waals surface area contributed by atoms with Crippen LogP contribution in [0, 0.1) is 0 Å². The number of methoxy groups -OCH3 is 1. The average molecular weight is 530 g/mol. The highest BCUT2D eigenvalue weighted by atomic mass is 127. The van der Waals surface area contributed by atoms with Crippen molar-refractivity contribution in [3.05, 3.63) is 23.8 Å². The minimum absolute atomic E-state index is 0. The Hall–Kier alpha value is -1.71. The summed E-state index contributed by atoms with van der Waals surface area (Å²) in [5.41, 5.74) is 1.11. The van der Waals surface area contributed by atoms with E-state index in [-0.39, 0.29) is 42.0 Å². The van der Waals surface area contributed by atoms with E-state index < -0.39 is 0 Å². The van der Waals surface area contributed by atoms with Crippen molar-refractivity contribution in [2.75, 3.05) is 27.2 Å². The van der Waals surface area contributed by atoms with Crippen LogP contribution in [0.1, 0.15) is 51.0 Å². The minimum Gasteiger partial charge on any atom is -0.493 e. The zero-order chi connectivity index (χ0) is 20.6. The van der Waals surface area contributed by atoms with Crippen molar-refractivity contribution >= 4 is 35.8 Å². The molecule has 2 aliphatic rings. The predicted molar refractivity (Wildman–Crippen MR) is 130 cm³/mol. The largest absolute Gasteiger partial charge is 0.493 e. The smallest absolute Gasteiger partial charge is 0.222 e. The molecule has 1 aliphatic heterocycles. The van der Waals surface area contributed by atoms with Crippen molar-refractivity contribution in [1.29, 1.82) is 0 Å². The van der Waals surface area contributed by atoms with Gasteiger partial charge in [0.15, 0.2) is 17.5 Å². The lowest BCUT2D eigenvalue weighted by Gasteiger charge is -2.19. The number of amides is 1. The van der Waals surface area contributed by atoms with Crippen LogP contribution in [0.3, 0.4) is 0 Å². The first kappa shape index (κ1) is 24.6. The van der Waals surface area contributed by atoms with Gasteiger partial charge in [0.05, 0.1) is 13.2 Å². The van der Waals surface area contributed by atoms with E-state index in [2.05, 4.69) is 21.7 Å². The Balaban J connectivity index is 0.00000320. The first-order chi connectivity index (χ1) is 14.1. The molecule has 1 saturated carbocycles. The monoisotopic (exact) mass is 530 g/mol. The molecule has 8 heteroatoms. The van der Waals surface area contributed by atoms with Crippen LogP contribution in [0.15, 0.2) is 23.2 Å². The lowest BCUT2D eigenvalue weighted by atomic mass is 10.2. The van der Waals surface area contributed by atoms with Crippen molar-refractivity contribution in [2.45, 2.75) is 64.1 Å². The molecule has 0 radical (unpaired) electrons. The standard InChI is InChI=1S/C22H34N4O3.HI/c1-4-21(27)26-12-11-17(15-26)25-22(23-2)24-14-16-9-10-19(28-3)20(13-16)29-18-7-5-6-8-18;/h9-10,13,17-18H,4-8,11-12,14-15H2,1-3H3,(H2,23,24,25);1H. The van der Waals surface area contributed by atoms with Gasteiger partial charge >= 0.3 is 0 Å². The van der Waals surface area contributed by atoms with Crippen LogP contribution in [0.4, 0.5) is 0 Å². The van der Waals surface area contributed by atoms with Crippen LogP contribution in [0.25, 0.3) is 0 Å². The summed E-state index contributed by atoms with van der Waals surface area (Å²) in [4.78, 5) is 18.1. The highest BCUT2D eigenvalue weighted by molar-refractivity contribution is 14.0. The van der Waals surface area contributed by atoms with Gasteiger partial charge in [0, 0.05) is 39.1 Å². The van der Waals surface area contributed by atoms with Crippen LogP contribution in [0.5, 0.6) is 11.5 Å². The van der Waals surface area contributed by atoms with E-state index >= 15 is 0 Å². The first-order valence-electron chi connectivity index (χ1n) is 10.7. The Morgan fingerprint density at radius 2 is 2.00 bits per heavy atom. The molecule has 3 rings (SSSR count). The highest BCUT2D eigenvalue weighted by Gasteiger charge is 2.25. The summed E-state index contributed by atoms with van der Waals surface area (Å²) < 4.78 is 11.7. The Kier molecular flexibility index (Phi) is 10.0. The summed E-state index contributed by atoms with van der Waals surface area (Å²) in [7, 11) is 3.44. The van der Waals surface area contributed by atoms with E-state index in [1.165, 1.54) is 12.8 Å². The zero-order valence-electron chi connectivity index (χ0n) is 18.3. The molecule has 7 nitrogen and oxygen atoms in total. The number of hydrogen-bond acceptors (Lipinski definition) is 4. The van der Waals surface area contributed by atoms with Gasteiger partial charge in [-0.05, 0) is 49.8 Å². The lowest BCUT2D eigenvalue weighted by molar-refractivity contribution is -0.129. The van der Waals surface area contributed by atoms with Gasteiger partial charge in [0.1, 0.15) is 0 Å². The summed E-state index contributed by atoms with van der Waals surface area (Å²) in [6, 6.07) is 6.28. The summed E-state index contributed by atoms with van der Waals surface area (Å²) >= 11 is 0. The maximum atomic E-state index is 11.9.